The number of nitrogens with two attached hydrogens (primary N) is 1. The quantitative estimate of drug-likeness (QED) is 0.907. The van der Waals surface area contributed by atoms with Gasteiger partial charge in [0.2, 0.25) is 5.91 Å². The van der Waals surface area contributed by atoms with Gasteiger partial charge in [0.05, 0.1) is 23.3 Å². The van der Waals surface area contributed by atoms with Crippen LogP contribution in [0.5, 0.6) is 0 Å². The number of nitrogens with zero attached hydrogens (tertiary/aromatic N) is 2. The fourth-order valence-corrected chi connectivity index (χ4v) is 3.40. The van der Waals surface area contributed by atoms with Gasteiger partial charge in [0.25, 0.3) is 0 Å². The van der Waals surface area contributed by atoms with E-state index in [1.165, 1.54) is 0 Å². The molecule has 2 unspecified atom stereocenters. The molecule has 2 aromatic rings. The summed E-state index contributed by atoms with van der Waals surface area (Å²) in [6, 6.07) is 8.02. The molecule has 0 spiro atoms. The van der Waals surface area contributed by atoms with Crippen LogP contribution in [0.4, 0.5) is 0 Å². The summed E-state index contributed by atoms with van der Waals surface area (Å²) in [7, 11) is 0. The van der Waals surface area contributed by atoms with E-state index in [1.807, 2.05) is 37.5 Å². The fraction of sp³-hybridized carbons (Fsp3) is 0.529. The number of hydrogen-bond donors (Lipinski definition) is 2. The maximum absolute atomic E-state index is 12.4. The average Bonchev–Trinajstić information content (AvgIpc) is 2.90. The molecule has 3 rings (SSSR count). The molecule has 22 heavy (non-hydrogen) atoms. The van der Waals surface area contributed by atoms with Crippen molar-refractivity contribution in [1.82, 2.24) is 14.9 Å². The zero-order valence-corrected chi connectivity index (χ0v) is 13.1. The minimum atomic E-state index is -0.371. The van der Waals surface area contributed by atoms with Gasteiger partial charge in [0.1, 0.15) is 0 Å². The lowest BCUT2D eigenvalue weighted by Crippen LogP contribution is -2.53. The van der Waals surface area contributed by atoms with Crippen LogP contribution in [0, 0.1) is 5.92 Å². The molecule has 5 nitrogen and oxygen atoms in total. The summed E-state index contributed by atoms with van der Waals surface area (Å²) in [6.07, 6.45) is 5.86. The number of aromatic nitrogens is 2. The third kappa shape index (κ3) is 2.99. The number of carbonyl (C=O) groups is 1. The van der Waals surface area contributed by atoms with E-state index in [0.29, 0.717) is 6.54 Å². The van der Waals surface area contributed by atoms with Gasteiger partial charge in [-0.05, 0) is 31.9 Å². The summed E-state index contributed by atoms with van der Waals surface area (Å²) in [5.41, 5.74) is 7.99. The van der Waals surface area contributed by atoms with E-state index in [2.05, 4.69) is 14.9 Å². The fourth-order valence-electron chi connectivity index (χ4n) is 3.40. The Morgan fingerprint density at radius 1 is 1.45 bits per heavy atom. The highest BCUT2D eigenvalue weighted by Gasteiger charge is 2.37. The number of nitrogens with one attached hydrogen (secondary N) is 1. The lowest BCUT2D eigenvalue weighted by molar-refractivity contribution is -0.128. The zero-order valence-electron chi connectivity index (χ0n) is 13.1. The van der Waals surface area contributed by atoms with E-state index in [-0.39, 0.29) is 17.4 Å². The predicted octanol–water partition coefficient (Wildman–Crippen LogP) is 2.06. The minimum Gasteiger partial charge on any atom is -0.354 e. The average molecular weight is 300 g/mol. The molecule has 1 aromatic carbocycles. The van der Waals surface area contributed by atoms with Gasteiger partial charge in [0, 0.05) is 18.6 Å². The highest BCUT2D eigenvalue weighted by molar-refractivity contribution is 5.80. The molecule has 3 N–H and O–H groups in total. The summed E-state index contributed by atoms with van der Waals surface area (Å²) in [5.74, 6) is 0.0231. The molecule has 1 aromatic heterocycles. The molecule has 1 fully saturated rings. The van der Waals surface area contributed by atoms with Gasteiger partial charge in [-0.1, -0.05) is 25.0 Å². The van der Waals surface area contributed by atoms with Gasteiger partial charge in [-0.15, -0.1) is 0 Å². The Morgan fingerprint density at radius 2 is 2.27 bits per heavy atom. The smallest absolute Gasteiger partial charge is 0.225 e. The Morgan fingerprint density at radius 3 is 3.09 bits per heavy atom. The monoisotopic (exact) mass is 300 g/mol. The first-order valence-electron chi connectivity index (χ1n) is 8.04. The van der Waals surface area contributed by atoms with E-state index in [4.69, 9.17) is 5.73 Å². The number of hydrogen-bond acceptors (Lipinski definition) is 3. The van der Waals surface area contributed by atoms with Crippen LogP contribution in [0.25, 0.3) is 11.0 Å². The van der Waals surface area contributed by atoms with Gasteiger partial charge in [-0.25, -0.2) is 4.98 Å². The van der Waals surface area contributed by atoms with Crippen molar-refractivity contribution >= 4 is 16.9 Å². The molecule has 1 heterocycles. The maximum Gasteiger partial charge on any atom is 0.225 e. The SMILES string of the molecule is CC1(N)CCCCC1C(=O)NCCn1cnc2ccccc21. The van der Waals surface area contributed by atoms with Gasteiger partial charge in [-0.2, -0.15) is 0 Å². The standard InChI is InChI=1S/C17H24N4O/c1-17(18)9-5-4-6-13(17)16(22)19-10-11-21-12-20-14-7-2-3-8-15(14)21/h2-3,7-8,12-13H,4-6,9-11,18H2,1H3,(H,19,22). The third-order valence-electron chi connectivity index (χ3n) is 4.75. The number of para-hydroxylation sites is 2. The Kier molecular flexibility index (Phi) is 4.16. The second-order valence-corrected chi connectivity index (χ2v) is 6.52. The van der Waals surface area contributed by atoms with E-state index in [1.54, 1.807) is 0 Å². The first-order valence-corrected chi connectivity index (χ1v) is 8.04. The first-order chi connectivity index (χ1) is 10.6. The Bertz CT molecular complexity index is 661. The topological polar surface area (TPSA) is 72.9 Å². The molecule has 1 amide bonds. The second-order valence-electron chi connectivity index (χ2n) is 6.52. The molecule has 5 heteroatoms. The maximum atomic E-state index is 12.4. The molecule has 0 bridgehead atoms. The number of carbonyl (C=O) groups excluding carboxylic acids is 1. The van der Waals surface area contributed by atoms with Crippen molar-refractivity contribution in [2.45, 2.75) is 44.7 Å². The molecule has 1 aliphatic carbocycles. The second kappa shape index (κ2) is 6.08. The molecule has 0 radical (unpaired) electrons. The van der Waals surface area contributed by atoms with Gasteiger partial charge in [-0.3, -0.25) is 4.79 Å². The lowest BCUT2D eigenvalue weighted by Gasteiger charge is -2.37. The molecular weight excluding hydrogens is 276 g/mol. The minimum absolute atomic E-state index is 0.0687. The summed E-state index contributed by atoms with van der Waals surface area (Å²) >= 11 is 0. The van der Waals surface area contributed by atoms with Crippen LogP contribution in [0.2, 0.25) is 0 Å². The number of benzene rings is 1. The predicted molar refractivity (Wildman–Crippen MR) is 87.3 cm³/mol. The number of fused-ring (bicyclic) bond motifs is 1. The van der Waals surface area contributed by atoms with Crippen LogP contribution < -0.4 is 11.1 Å². The van der Waals surface area contributed by atoms with Crippen LogP contribution >= 0.6 is 0 Å². The molecule has 0 aliphatic heterocycles. The Balaban J connectivity index is 1.57. The zero-order chi connectivity index (χ0) is 15.6. The van der Waals surface area contributed by atoms with Crippen LogP contribution in [0.1, 0.15) is 32.6 Å². The highest BCUT2D eigenvalue weighted by Crippen LogP contribution is 2.31. The van der Waals surface area contributed by atoms with E-state index in [9.17, 15) is 4.79 Å². The highest BCUT2D eigenvalue weighted by atomic mass is 16.1. The summed E-state index contributed by atoms with van der Waals surface area (Å²) in [5, 5.41) is 3.04. The Labute approximate surface area is 130 Å². The van der Waals surface area contributed by atoms with Crippen LogP contribution in [-0.4, -0.2) is 27.5 Å². The van der Waals surface area contributed by atoms with Crippen molar-refractivity contribution in [1.29, 1.82) is 0 Å². The molecule has 1 saturated carbocycles. The number of rotatable bonds is 4. The molecular formula is C17H24N4O. The van der Waals surface area contributed by atoms with Crippen molar-refractivity contribution in [2.24, 2.45) is 11.7 Å². The van der Waals surface area contributed by atoms with Crippen LogP contribution in [-0.2, 0) is 11.3 Å². The summed E-state index contributed by atoms with van der Waals surface area (Å²) < 4.78 is 2.07. The molecule has 118 valence electrons. The van der Waals surface area contributed by atoms with Crippen molar-refractivity contribution in [3.05, 3.63) is 30.6 Å². The van der Waals surface area contributed by atoms with E-state index in [0.717, 1.165) is 43.3 Å². The van der Waals surface area contributed by atoms with Crippen LogP contribution in [0.15, 0.2) is 30.6 Å². The first kappa shape index (κ1) is 15.0. The van der Waals surface area contributed by atoms with Crippen molar-refractivity contribution < 1.29 is 4.79 Å². The summed E-state index contributed by atoms with van der Waals surface area (Å²) in [4.78, 5) is 16.7. The number of imidazole rings is 1. The van der Waals surface area contributed by atoms with Gasteiger partial charge < -0.3 is 15.6 Å². The van der Waals surface area contributed by atoms with Crippen LogP contribution in [0.3, 0.4) is 0 Å². The normalized spacial score (nSPS) is 25.3. The third-order valence-corrected chi connectivity index (χ3v) is 4.75. The lowest BCUT2D eigenvalue weighted by atomic mass is 9.74. The van der Waals surface area contributed by atoms with Crippen molar-refractivity contribution in [3.8, 4) is 0 Å². The molecule has 0 saturated heterocycles. The van der Waals surface area contributed by atoms with E-state index >= 15 is 0 Å². The number of amides is 1. The Hall–Kier alpha value is -1.88. The summed E-state index contributed by atoms with van der Waals surface area (Å²) in [6.45, 7) is 3.33. The van der Waals surface area contributed by atoms with Crippen molar-refractivity contribution in [2.75, 3.05) is 6.54 Å². The molecule has 2 atom stereocenters. The molecule has 1 aliphatic rings. The van der Waals surface area contributed by atoms with Gasteiger partial charge >= 0.3 is 0 Å². The van der Waals surface area contributed by atoms with E-state index < -0.39 is 0 Å². The largest absolute Gasteiger partial charge is 0.354 e. The van der Waals surface area contributed by atoms with Crippen molar-refractivity contribution in [3.63, 3.8) is 0 Å². The van der Waals surface area contributed by atoms with Gasteiger partial charge in [0.15, 0.2) is 0 Å².